The average molecular weight is 288 g/mol. The zero-order chi connectivity index (χ0) is 15.6. The van der Waals surface area contributed by atoms with Crippen molar-refractivity contribution in [1.29, 1.82) is 0 Å². The van der Waals surface area contributed by atoms with Gasteiger partial charge in [0.05, 0.1) is 0 Å². The van der Waals surface area contributed by atoms with E-state index in [1.807, 2.05) is 0 Å². The molecule has 0 heterocycles. The molecule has 0 radical (unpaired) electrons. The smallest absolute Gasteiger partial charge is 0.0475 e. The van der Waals surface area contributed by atoms with Crippen LogP contribution < -0.4 is 5.73 Å². The molecule has 2 N–H and O–H groups in total. The van der Waals surface area contributed by atoms with E-state index in [2.05, 4.69) is 51.8 Å². The molecule has 118 valence electrons. The van der Waals surface area contributed by atoms with Crippen molar-refractivity contribution in [2.24, 2.45) is 11.7 Å². The van der Waals surface area contributed by atoms with E-state index in [-0.39, 0.29) is 0 Å². The van der Waals surface area contributed by atoms with Gasteiger partial charge < -0.3 is 5.73 Å². The minimum absolute atomic E-state index is 0.351. The number of hydrogen-bond acceptors (Lipinski definition) is 2. The Bertz CT molecular complexity index is 449. The van der Waals surface area contributed by atoms with Crippen molar-refractivity contribution in [3.63, 3.8) is 0 Å². The van der Waals surface area contributed by atoms with Crippen LogP contribution in [0.3, 0.4) is 0 Å². The van der Waals surface area contributed by atoms with Crippen molar-refractivity contribution < 1.29 is 0 Å². The van der Waals surface area contributed by atoms with Gasteiger partial charge in [-0.15, -0.1) is 0 Å². The second kappa shape index (κ2) is 6.93. The molecule has 1 aliphatic carbocycles. The van der Waals surface area contributed by atoms with E-state index in [0.717, 1.165) is 5.92 Å². The van der Waals surface area contributed by atoms with Crippen LogP contribution in [0.15, 0.2) is 12.1 Å². The molecule has 21 heavy (non-hydrogen) atoms. The lowest BCUT2D eigenvalue weighted by atomic mass is 9.85. The van der Waals surface area contributed by atoms with E-state index >= 15 is 0 Å². The van der Waals surface area contributed by atoms with Crippen molar-refractivity contribution in [1.82, 2.24) is 4.90 Å². The quantitative estimate of drug-likeness (QED) is 0.903. The van der Waals surface area contributed by atoms with Crippen LogP contribution in [0.1, 0.15) is 60.9 Å². The minimum Gasteiger partial charge on any atom is -0.329 e. The van der Waals surface area contributed by atoms with Gasteiger partial charge in [-0.1, -0.05) is 24.6 Å². The zero-order valence-electron chi connectivity index (χ0n) is 14.4. The Labute approximate surface area is 130 Å². The number of nitrogens with zero attached hydrogens (tertiary/aromatic N) is 1. The molecular formula is C19H32N2. The molecule has 0 aliphatic heterocycles. The van der Waals surface area contributed by atoms with E-state index in [1.54, 1.807) is 0 Å². The highest BCUT2D eigenvalue weighted by molar-refractivity contribution is 5.40. The van der Waals surface area contributed by atoms with E-state index in [9.17, 15) is 0 Å². The minimum atomic E-state index is 0.351. The standard InChI is InChI=1S/C19H32N2/c1-13-6-8-17(9-7-13)21(5)18(12-20)19-15(3)10-14(2)11-16(19)4/h10-11,13,17-18H,6-9,12,20H2,1-5H3. The normalized spacial score (nSPS) is 24.3. The van der Waals surface area contributed by atoms with Crippen molar-refractivity contribution in [3.05, 3.63) is 34.4 Å². The van der Waals surface area contributed by atoms with Gasteiger partial charge in [-0.2, -0.15) is 0 Å². The second-order valence-corrected chi connectivity index (χ2v) is 7.14. The highest BCUT2D eigenvalue weighted by atomic mass is 15.2. The molecule has 1 saturated carbocycles. The molecule has 0 spiro atoms. The summed E-state index contributed by atoms with van der Waals surface area (Å²) in [5.41, 5.74) is 11.7. The van der Waals surface area contributed by atoms with Crippen LogP contribution in [0.2, 0.25) is 0 Å². The van der Waals surface area contributed by atoms with Crippen LogP contribution in [-0.4, -0.2) is 24.5 Å². The summed E-state index contributed by atoms with van der Waals surface area (Å²) in [6, 6.07) is 5.63. The first-order chi connectivity index (χ1) is 9.93. The third-order valence-electron chi connectivity index (χ3n) is 5.35. The molecule has 1 aromatic rings. The van der Waals surface area contributed by atoms with E-state index in [4.69, 9.17) is 5.73 Å². The topological polar surface area (TPSA) is 29.3 Å². The van der Waals surface area contributed by atoms with Gasteiger partial charge in [-0.05, 0) is 76.1 Å². The highest BCUT2D eigenvalue weighted by Gasteiger charge is 2.28. The lowest BCUT2D eigenvalue weighted by Crippen LogP contribution is -2.41. The average Bonchev–Trinajstić information content (AvgIpc) is 2.42. The van der Waals surface area contributed by atoms with Crippen molar-refractivity contribution in [2.45, 2.75) is 65.5 Å². The summed E-state index contributed by atoms with van der Waals surface area (Å²) in [4.78, 5) is 2.55. The second-order valence-electron chi connectivity index (χ2n) is 7.14. The van der Waals surface area contributed by atoms with Crippen LogP contribution in [0.4, 0.5) is 0 Å². The Morgan fingerprint density at radius 3 is 2.10 bits per heavy atom. The van der Waals surface area contributed by atoms with Gasteiger partial charge >= 0.3 is 0 Å². The zero-order valence-corrected chi connectivity index (χ0v) is 14.4. The first-order valence-corrected chi connectivity index (χ1v) is 8.43. The van der Waals surface area contributed by atoms with Crippen LogP contribution in [0.5, 0.6) is 0 Å². The molecule has 2 heteroatoms. The number of benzene rings is 1. The van der Waals surface area contributed by atoms with Gasteiger partial charge in [0, 0.05) is 18.6 Å². The lowest BCUT2D eigenvalue weighted by Gasteiger charge is -2.39. The van der Waals surface area contributed by atoms with Gasteiger partial charge in [0.1, 0.15) is 0 Å². The van der Waals surface area contributed by atoms with Gasteiger partial charge in [-0.3, -0.25) is 4.90 Å². The maximum Gasteiger partial charge on any atom is 0.0475 e. The number of rotatable bonds is 4. The lowest BCUT2D eigenvalue weighted by molar-refractivity contribution is 0.125. The first kappa shape index (κ1) is 16.5. The third-order valence-corrected chi connectivity index (χ3v) is 5.35. The monoisotopic (exact) mass is 288 g/mol. The van der Waals surface area contributed by atoms with Crippen molar-refractivity contribution >= 4 is 0 Å². The highest BCUT2D eigenvalue weighted by Crippen LogP contribution is 2.33. The first-order valence-electron chi connectivity index (χ1n) is 8.43. The Balaban J connectivity index is 2.23. The SMILES string of the molecule is Cc1cc(C)c(C(CN)N(C)C2CCC(C)CC2)c(C)c1. The Hall–Kier alpha value is -0.860. The van der Waals surface area contributed by atoms with E-state index in [1.165, 1.54) is 47.9 Å². The van der Waals surface area contributed by atoms with Gasteiger partial charge in [-0.25, -0.2) is 0 Å². The molecule has 0 aromatic heterocycles. The Morgan fingerprint density at radius 1 is 1.10 bits per heavy atom. The molecule has 1 aromatic carbocycles. The molecule has 2 nitrogen and oxygen atoms in total. The molecule has 2 rings (SSSR count). The third kappa shape index (κ3) is 3.67. The van der Waals surface area contributed by atoms with Crippen LogP contribution >= 0.6 is 0 Å². The number of hydrogen-bond donors (Lipinski definition) is 1. The maximum atomic E-state index is 6.17. The van der Waals surface area contributed by atoms with Crippen molar-refractivity contribution in [2.75, 3.05) is 13.6 Å². The van der Waals surface area contributed by atoms with Crippen molar-refractivity contribution in [3.8, 4) is 0 Å². The molecule has 0 bridgehead atoms. The summed E-state index contributed by atoms with van der Waals surface area (Å²) in [6.07, 6.45) is 5.35. The predicted molar refractivity (Wildman–Crippen MR) is 91.6 cm³/mol. The molecule has 0 amide bonds. The van der Waals surface area contributed by atoms with Crippen LogP contribution in [0, 0.1) is 26.7 Å². The van der Waals surface area contributed by atoms with E-state index < -0.39 is 0 Å². The summed E-state index contributed by atoms with van der Waals surface area (Å²) >= 11 is 0. The fourth-order valence-electron chi connectivity index (χ4n) is 4.11. The molecular weight excluding hydrogens is 256 g/mol. The summed E-state index contributed by atoms with van der Waals surface area (Å²) in [7, 11) is 2.27. The molecule has 1 unspecified atom stereocenters. The fourth-order valence-corrected chi connectivity index (χ4v) is 4.11. The summed E-state index contributed by atoms with van der Waals surface area (Å²) in [6.45, 7) is 9.72. The Kier molecular flexibility index (Phi) is 5.45. The summed E-state index contributed by atoms with van der Waals surface area (Å²) < 4.78 is 0. The predicted octanol–water partition coefficient (Wildman–Crippen LogP) is 4.12. The molecule has 1 fully saturated rings. The number of aryl methyl sites for hydroxylation is 3. The fraction of sp³-hybridized carbons (Fsp3) is 0.684. The largest absolute Gasteiger partial charge is 0.329 e. The molecule has 0 saturated heterocycles. The molecule has 1 aliphatic rings. The van der Waals surface area contributed by atoms with Crippen LogP contribution in [0.25, 0.3) is 0 Å². The maximum absolute atomic E-state index is 6.17. The summed E-state index contributed by atoms with van der Waals surface area (Å²) in [5, 5.41) is 0. The Morgan fingerprint density at radius 2 is 1.62 bits per heavy atom. The number of nitrogens with two attached hydrogens (primary N) is 1. The van der Waals surface area contributed by atoms with Gasteiger partial charge in [0.25, 0.3) is 0 Å². The van der Waals surface area contributed by atoms with Gasteiger partial charge in [0.15, 0.2) is 0 Å². The van der Waals surface area contributed by atoms with Gasteiger partial charge in [0.2, 0.25) is 0 Å². The molecule has 1 atom stereocenters. The van der Waals surface area contributed by atoms with E-state index in [0.29, 0.717) is 18.6 Å². The number of likely N-dealkylation sites (N-methyl/N-ethyl adjacent to an activating group) is 1. The van der Waals surface area contributed by atoms with Crippen LogP contribution in [-0.2, 0) is 0 Å². The summed E-state index contributed by atoms with van der Waals surface area (Å²) in [5.74, 6) is 0.897.